The van der Waals surface area contributed by atoms with Crippen molar-refractivity contribution in [1.29, 1.82) is 0 Å². The molecule has 0 bridgehead atoms. The van der Waals surface area contributed by atoms with Gasteiger partial charge in [-0.15, -0.1) is 0 Å². The zero-order valence-electron chi connectivity index (χ0n) is 10.9. The predicted molar refractivity (Wildman–Crippen MR) is 66.3 cm³/mol. The Balaban J connectivity index is 2.46. The quantitative estimate of drug-likeness (QED) is 0.785. The summed E-state index contributed by atoms with van der Waals surface area (Å²) in [6.45, 7) is 6.89. The molecule has 0 aliphatic heterocycles. The lowest BCUT2D eigenvalue weighted by Gasteiger charge is -2.21. The van der Waals surface area contributed by atoms with Crippen molar-refractivity contribution in [2.24, 2.45) is 5.92 Å². The molecule has 17 heavy (non-hydrogen) atoms. The van der Waals surface area contributed by atoms with Crippen molar-refractivity contribution >= 4 is 5.91 Å². The van der Waals surface area contributed by atoms with E-state index in [9.17, 15) is 4.79 Å². The number of hydrogen-bond donors (Lipinski definition) is 1. The first-order valence-electron chi connectivity index (χ1n) is 6.27. The molecular weight excluding hydrogens is 216 g/mol. The molecule has 1 heterocycles. The van der Waals surface area contributed by atoms with Crippen molar-refractivity contribution in [1.82, 2.24) is 20.3 Å². The summed E-state index contributed by atoms with van der Waals surface area (Å²) in [5.41, 5.74) is 0. The first kappa shape index (κ1) is 13.7. The predicted octanol–water partition coefficient (Wildman–Crippen LogP) is 1.61. The van der Waals surface area contributed by atoms with E-state index in [1.165, 1.54) is 0 Å². The standard InChI is InChI=1S/C12H22N4O/c1-4-5-6-12(17)15-11(10(2)3)9-16-13-7-8-14-16/h7-8,10-11H,4-6,9H2,1-3H3,(H,15,17). The van der Waals surface area contributed by atoms with E-state index in [1.54, 1.807) is 17.2 Å². The molecule has 0 radical (unpaired) electrons. The summed E-state index contributed by atoms with van der Waals surface area (Å²) in [4.78, 5) is 13.3. The molecule has 1 amide bonds. The Hall–Kier alpha value is -1.39. The number of nitrogens with one attached hydrogen (secondary N) is 1. The van der Waals surface area contributed by atoms with Crippen LogP contribution in [0.25, 0.3) is 0 Å². The van der Waals surface area contributed by atoms with Gasteiger partial charge in [-0.2, -0.15) is 15.0 Å². The third-order valence-electron chi connectivity index (χ3n) is 2.74. The smallest absolute Gasteiger partial charge is 0.220 e. The Labute approximate surface area is 103 Å². The maximum absolute atomic E-state index is 11.7. The summed E-state index contributed by atoms with van der Waals surface area (Å²) >= 11 is 0. The zero-order chi connectivity index (χ0) is 12.7. The monoisotopic (exact) mass is 238 g/mol. The van der Waals surface area contributed by atoms with Crippen LogP contribution >= 0.6 is 0 Å². The highest BCUT2D eigenvalue weighted by atomic mass is 16.1. The van der Waals surface area contributed by atoms with Gasteiger partial charge in [0.15, 0.2) is 0 Å². The Kier molecular flexibility index (Phi) is 5.66. The van der Waals surface area contributed by atoms with Crippen LogP contribution < -0.4 is 5.32 Å². The highest BCUT2D eigenvalue weighted by Crippen LogP contribution is 2.05. The average Bonchev–Trinajstić information content (AvgIpc) is 2.78. The van der Waals surface area contributed by atoms with Crippen LogP contribution in [0.1, 0.15) is 40.0 Å². The fourth-order valence-corrected chi connectivity index (χ4v) is 1.55. The summed E-state index contributed by atoms with van der Waals surface area (Å²) in [7, 11) is 0. The fourth-order valence-electron chi connectivity index (χ4n) is 1.55. The van der Waals surface area contributed by atoms with Crippen molar-refractivity contribution in [2.45, 2.75) is 52.6 Å². The van der Waals surface area contributed by atoms with E-state index < -0.39 is 0 Å². The summed E-state index contributed by atoms with van der Waals surface area (Å²) in [5.74, 6) is 0.490. The van der Waals surface area contributed by atoms with Gasteiger partial charge >= 0.3 is 0 Å². The topological polar surface area (TPSA) is 59.8 Å². The van der Waals surface area contributed by atoms with Gasteiger partial charge in [-0.25, -0.2) is 0 Å². The van der Waals surface area contributed by atoms with E-state index in [4.69, 9.17) is 0 Å². The van der Waals surface area contributed by atoms with Crippen LogP contribution in [0, 0.1) is 5.92 Å². The molecule has 1 unspecified atom stereocenters. The maximum atomic E-state index is 11.7. The molecule has 1 aromatic heterocycles. The van der Waals surface area contributed by atoms with Crippen LogP contribution in [0.15, 0.2) is 12.4 Å². The molecule has 96 valence electrons. The van der Waals surface area contributed by atoms with Crippen molar-refractivity contribution in [3.05, 3.63) is 12.4 Å². The Bertz CT molecular complexity index is 321. The second-order valence-electron chi connectivity index (χ2n) is 4.61. The number of amides is 1. The Morgan fingerprint density at radius 1 is 1.35 bits per heavy atom. The van der Waals surface area contributed by atoms with Crippen LogP contribution in [0.5, 0.6) is 0 Å². The fraction of sp³-hybridized carbons (Fsp3) is 0.750. The first-order valence-corrected chi connectivity index (χ1v) is 6.27. The third-order valence-corrected chi connectivity index (χ3v) is 2.74. The van der Waals surface area contributed by atoms with E-state index in [0.717, 1.165) is 12.8 Å². The molecule has 0 aliphatic rings. The van der Waals surface area contributed by atoms with Gasteiger partial charge < -0.3 is 5.32 Å². The molecule has 0 aliphatic carbocycles. The highest BCUT2D eigenvalue weighted by Gasteiger charge is 2.17. The van der Waals surface area contributed by atoms with E-state index in [2.05, 4.69) is 36.3 Å². The van der Waals surface area contributed by atoms with Crippen LogP contribution in [-0.4, -0.2) is 26.9 Å². The van der Waals surface area contributed by atoms with Crippen molar-refractivity contribution in [3.8, 4) is 0 Å². The molecule has 1 rings (SSSR count). The number of nitrogens with zero attached hydrogens (tertiary/aromatic N) is 3. The van der Waals surface area contributed by atoms with Gasteiger partial charge in [0.1, 0.15) is 0 Å². The summed E-state index contributed by atoms with van der Waals surface area (Å²) < 4.78 is 0. The van der Waals surface area contributed by atoms with Gasteiger partial charge in [-0.05, 0) is 12.3 Å². The minimum atomic E-state index is 0.0896. The van der Waals surface area contributed by atoms with E-state index >= 15 is 0 Å². The molecular formula is C12H22N4O. The molecule has 0 saturated carbocycles. The summed E-state index contributed by atoms with van der Waals surface area (Å²) in [5, 5.41) is 11.2. The Morgan fingerprint density at radius 2 is 2.00 bits per heavy atom. The van der Waals surface area contributed by atoms with Gasteiger partial charge in [0, 0.05) is 6.42 Å². The van der Waals surface area contributed by atoms with Crippen LogP contribution in [0.2, 0.25) is 0 Å². The maximum Gasteiger partial charge on any atom is 0.220 e. The van der Waals surface area contributed by atoms with E-state index in [1.807, 2.05) is 0 Å². The lowest BCUT2D eigenvalue weighted by atomic mass is 10.0. The molecule has 5 heteroatoms. The largest absolute Gasteiger partial charge is 0.351 e. The SMILES string of the molecule is CCCCC(=O)NC(Cn1nccn1)C(C)C. The molecule has 5 nitrogen and oxygen atoms in total. The Morgan fingerprint density at radius 3 is 2.53 bits per heavy atom. The second kappa shape index (κ2) is 7.04. The molecule has 0 spiro atoms. The molecule has 1 N–H and O–H groups in total. The van der Waals surface area contributed by atoms with Crippen LogP contribution in [0.4, 0.5) is 0 Å². The minimum absolute atomic E-state index is 0.0896. The molecule has 1 aromatic rings. The first-order chi connectivity index (χ1) is 8.13. The number of rotatable bonds is 7. The van der Waals surface area contributed by atoms with Gasteiger partial charge in [-0.3, -0.25) is 4.79 Å². The third kappa shape index (κ3) is 4.97. The number of carbonyl (C=O) groups is 1. The summed E-state index contributed by atoms with van der Waals surface area (Å²) in [6.07, 6.45) is 5.88. The van der Waals surface area contributed by atoms with Crippen molar-refractivity contribution < 1.29 is 4.79 Å². The molecule has 0 aromatic carbocycles. The number of unbranched alkanes of at least 4 members (excludes halogenated alkanes) is 1. The van der Waals surface area contributed by atoms with Crippen LogP contribution in [0.3, 0.4) is 0 Å². The average molecular weight is 238 g/mol. The number of aromatic nitrogens is 3. The summed E-state index contributed by atoms with van der Waals surface area (Å²) in [6, 6.07) is 0.0896. The number of hydrogen-bond acceptors (Lipinski definition) is 3. The molecule has 1 atom stereocenters. The van der Waals surface area contributed by atoms with Gasteiger partial charge in [0.25, 0.3) is 0 Å². The second-order valence-corrected chi connectivity index (χ2v) is 4.61. The van der Waals surface area contributed by atoms with Crippen molar-refractivity contribution in [3.63, 3.8) is 0 Å². The van der Waals surface area contributed by atoms with Gasteiger partial charge in [0.05, 0.1) is 25.0 Å². The minimum Gasteiger partial charge on any atom is -0.351 e. The van der Waals surface area contributed by atoms with Gasteiger partial charge in [0.2, 0.25) is 5.91 Å². The normalized spacial score (nSPS) is 12.7. The van der Waals surface area contributed by atoms with E-state index in [0.29, 0.717) is 18.9 Å². The number of carbonyl (C=O) groups excluding carboxylic acids is 1. The zero-order valence-corrected chi connectivity index (χ0v) is 10.9. The lowest BCUT2D eigenvalue weighted by Crippen LogP contribution is -2.41. The lowest BCUT2D eigenvalue weighted by molar-refractivity contribution is -0.122. The van der Waals surface area contributed by atoms with E-state index in [-0.39, 0.29) is 11.9 Å². The van der Waals surface area contributed by atoms with Crippen molar-refractivity contribution in [2.75, 3.05) is 0 Å². The highest BCUT2D eigenvalue weighted by molar-refractivity contribution is 5.76. The van der Waals surface area contributed by atoms with Gasteiger partial charge in [-0.1, -0.05) is 27.2 Å². The van der Waals surface area contributed by atoms with Crippen LogP contribution in [-0.2, 0) is 11.3 Å². The molecule has 0 fully saturated rings. The molecule has 0 saturated heterocycles.